The highest BCUT2D eigenvalue weighted by Gasteiger charge is 2.62. The number of ether oxygens (including phenoxy) is 2. The van der Waals surface area contributed by atoms with Gasteiger partial charge in [0.1, 0.15) is 11.7 Å². The van der Waals surface area contributed by atoms with Crippen molar-refractivity contribution in [3.05, 3.63) is 33.1 Å². The minimum absolute atomic E-state index is 0.284. The van der Waals surface area contributed by atoms with E-state index in [1.807, 2.05) is 4.98 Å². The summed E-state index contributed by atoms with van der Waals surface area (Å²) in [4.78, 5) is 61.2. The number of fused-ring (bicyclic) bond motifs is 2. The lowest BCUT2D eigenvalue weighted by atomic mass is 9.90. The van der Waals surface area contributed by atoms with E-state index in [1.54, 1.807) is 0 Å². The molecule has 1 aromatic rings. The fourth-order valence-electron chi connectivity index (χ4n) is 3.26. The molecule has 2 aliphatic rings. The van der Waals surface area contributed by atoms with Crippen molar-refractivity contribution in [2.24, 2.45) is 5.92 Å². The number of aliphatic hydroxyl groups is 1. The predicted molar refractivity (Wildman–Crippen MR) is 94.3 cm³/mol. The molecule has 2 aliphatic heterocycles. The number of hydrogen-bond acceptors (Lipinski definition) is 11. The molecule has 0 radical (unpaired) electrons. The Bertz CT molecular complexity index is 1090. The Hall–Kier alpha value is -1.03. The highest BCUT2D eigenvalue weighted by Crippen LogP contribution is 2.66. The average Bonchev–Trinajstić information content (AvgIpc) is 3.09. The number of H-pyrrole nitrogens is 1. The largest absolute Gasteiger partial charge is 0.490 e. The standard InChI is InChI=1S/C11H17N2O15P3/c14-3-6-8-9(13-2-1-7(15)12-10(13)16)26-11(6,4-24-8)5-25-30(20,21)28-31(22,23)27-29(17,18)19/h1-2,6,8-9,14H,3-5H2,(H,20,21)(H,22,23)(H,12,15,16)(H2,17,18,19)/t6?,8?,9-,11-/m1/s1. The van der Waals surface area contributed by atoms with Gasteiger partial charge in [-0.25, -0.2) is 18.5 Å². The van der Waals surface area contributed by atoms with Gasteiger partial charge in [0.15, 0.2) is 6.23 Å². The van der Waals surface area contributed by atoms with Crippen molar-refractivity contribution in [2.75, 3.05) is 19.8 Å². The van der Waals surface area contributed by atoms with Crippen molar-refractivity contribution < 1.29 is 61.0 Å². The van der Waals surface area contributed by atoms with E-state index in [2.05, 4.69) is 13.1 Å². The number of hydrogen-bond donors (Lipinski definition) is 6. The van der Waals surface area contributed by atoms with E-state index in [4.69, 9.17) is 19.3 Å². The number of aromatic amines is 1. The van der Waals surface area contributed by atoms with E-state index in [0.717, 1.165) is 16.8 Å². The van der Waals surface area contributed by atoms with Crippen LogP contribution in [-0.2, 0) is 36.3 Å². The smallest absolute Gasteiger partial charge is 0.396 e. The molecule has 2 bridgehead atoms. The zero-order valence-electron chi connectivity index (χ0n) is 15.1. The van der Waals surface area contributed by atoms with Crippen LogP contribution in [0, 0.1) is 5.92 Å². The van der Waals surface area contributed by atoms with Gasteiger partial charge >= 0.3 is 29.2 Å². The summed E-state index contributed by atoms with van der Waals surface area (Å²) in [7, 11) is -16.7. The molecule has 0 saturated carbocycles. The zero-order chi connectivity index (χ0) is 23.2. The van der Waals surface area contributed by atoms with Crippen LogP contribution in [0.5, 0.6) is 0 Å². The lowest BCUT2D eigenvalue weighted by Gasteiger charge is -2.32. The van der Waals surface area contributed by atoms with Crippen LogP contribution in [0.1, 0.15) is 6.23 Å². The third kappa shape index (κ3) is 5.49. The summed E-state index contributed by atoms with van der Waals surface area (Å²) < 4.78 is 58.1. The quantitative estimate of drug-likeness (QED) is 0.200. The van der Waals surface area contributed by atoms with Gasteiger partial charge in [-0.15, -0.1) is 0 Å². The van der Waals surface area contributed by atoms with Crippen LogP contribution in [0.4, 0.5) is 0 Å². The molecule has 2 fully saturated rings. The normalized spacial score (nSPS) is 32.0. The number of aliphatic hydroxyl groups excluding tert-OH is 1. The van der Waals surface area contributed by atoms with Gasteiger partial charge in [0, 0.05) is 18.2 Å². The van der Waals surface area contributed by atoms with E-state index in [0.29, 0.717) is 0 Å². The van der Waals surface area contributed by atoms with Crippen LogP contribution < -0.4 is 11.2 Å². The molecule has 6 N–H and O–H groups in total. The minimum Gasteiger partial charge on any atom is -0.396 e. The lowest BCUT2D eigenvalue weighted by molar-refractivity contribution is -0.185. The molecule has 1 aromatic heterocycles. The van der Waals surface area contributed by atoms with Crippen LogP contribution in [0.3, 0.4) is 0 Å². The molecule has 176 valence electrons. The van der Waals surface area contributed by atoms with Crippen LogP contribution in [0.15, 0.2) is 21.9 Å². The molecule has 17 nitrogen and oxygen atoms in total. The van der Waals surface area contributed by atoms with Gasteiger partial charge in [0.2, 0.25) is 0 Å². The van der Waals surface area contributed by atoms with E-state index < -0.39 is 71.8 Å². The van der Waals surface area contributed by atoms with Crippen LogP contribution in [0.2, 0.25) is 0 Å². The van der Waals surface area contributed by atoms with Crippen LogP contribution >= 0.6 is 23.5 Å². The van der Waals surface area contributed by atoms with Crippen LogP contribution in [0.25, 0.3) is 0 Å². The summed E-state index contributed by atoms with van der Waals surface area (Å²) in [5.41, 5.74) is -3.15. The molecule has 20 heteroatoms. The van der Waals surface area contributed by atoms with Crippen molar-refractivity contribution in [3.8, 4) is 0 Å². The van der Waals surface area contributed by atoms with Crippen molar-refractivity contribution >= 4 is 23.5 Å². The highest BCUT2D eigenvalue weighted by molar-refractivity contribution is 7.66. The fraction of sp³-hybridized carbons (Fsp3) is 0.636. The van der Waals surface area contributed by atoms with Gasteiger partial charge in [-0.3, -0.25) is 18.9 Å². The van der Waals surface area contributed by atoms with Crippen molar-refractivity contribution in [2.45, 2.75) is 17.9 Å². The maximum Gasteiger partial charge on any atom is 0.490 e. The molecular formula is C11H17N2O15P3. The zero-order valence-corrected chi connectivity index (χ0v) is 17.8. The van der Waals surface area contributed by atoms with Crippen molar-refractivity contribution in [1.29, 1.82) is 0 Å². The summed E-state index contributed by atoms with van der Waals surface area (Å²) in [6.45, 7) is -1.74. The first kappa shape index (κ1) is 24.6. The highest BCUT2D eigenvalue weighted by atomic mass is 31.3. The summed E-state index contributed by atoms with van der Waals surface area (Å²) in [5, 5.41) is 9.72. The van der Waals surface area contributed by atoms with Gasteiger partial charge in [-0.05, 0) is 0 Å². The Morgan fingerprint density at radius 3 is 2.42 bits per heavy atom. The van der Waals surface area contributed by atoms with Gasteiger partial charge in [-0.1, -0.05) is 0 Å². The maximum atomic E-state index is 12.0. The third-order valence-electron chi connectivity index (χ3n) is 4.44. The monoisotopic (exact) mass is 510 g/mol. The van der Waals surface area contributed by atoms with Crippen molar-refractivity contribution in [1.82, 2.24) is 9.55 Å². The Balaban J connectivity index is 1.77. The Morgan fingerprint density at radius 2 is 1.84 bits per heavy atom. The van der Waals surface area contributed by atoms with E-state index >= 15 is 0 Å². The molecule has 3 rings (SSSR count). The maximum absolute atomic E-state index is 12.0. The molecule has 0 amide bonds. The topological polar surface area (TPSA) is 253 Å². The molecule has 2 saturated heterocycles. The molecular weight excluding hydrogens is 493 g/mol. The predicted octanol–water partition coefficient (Wildman–Crippen LogP) is -1.85. The SMILES string of the molecule is O=c1ccn([C@@H]2O[C@@]3(COP(=O)(O)OP(=O)(O)OP(=O)(O)O)COC2C3CO)c(=O)[nH]1. The molecule has 0 aliphatic carbocycles. The number of nitrogens with zero attached hydrogens (tertiary/aromatic N) is 1. The second-order valence-corrected chi connectivity index (χ2v) is 10.9. The van der Waals surface area contributed by atoms with E-state index in [9.17, 15) is 38.2 Å². The fourth-order valence-corrected chi connectivity index (χ4v) is 6.34. The number of nitrogens with one attached hydrogen (secondary N) is 1. The van der Waals surface area contributed by atoms with Crippen molar-refractivity contribution in [3.63, 3.8) is 0 Å². The number of aromatic nitrogens is 2. The molecule has 0 spiro atoms. The molecule has 6 atom stereocenters. The van der Waals surface area contributed by atoms with E-state index in [1.165, 1.54) is 0 Å². The second kappa shape index (κ2) is 8.39. The molecule has 0 aromatic carbocycles. The first-order valence-corrected chi connectivity index (χ1v) is 12.7. The van der Waals surface area contributed by atoms with Gasteiger partial charge < -0.3 is 34.2 Å². The first-order chi connectivity index (χ1) is 14.2. The lowest BCUT2D eigenvalue weighted by Crippen LogP contribution is -2.44. The average molecular weight is 510 g/mol. The summed E-state index contributed by atoms with van der Waals surface area (Å²) in [6, 6.07) is 1.03. The third-order valence-corrected chi connectivity index (χ3v) is 8.22. The van der Waals surface area contributed by atoms with Gasteiger partial charge in [-0.2, -0.15) is 8.62 Å². The van der Waals surface area contributed by atoms with Crippen LogP contribution in [-0.4, -0.2) is 65.8 Å². The Labute approximate surface area is 171 Å². The first-order valence-electron chi connectivity index (χ1n) is 8.17. The Kier molecular flexibility index (Phi) is 6.66. The number of phosphoric ester groups is 1. The summed E-state index contributed by atoms with van der Waals surface area (Å²) in [6.07, 6.45) is -0.988. The minimum atomic E-state index is -5.71. The van der Waals surface area contributed by atoms with Gasteiger partial charge in [0.25, 0.3) is 5.56 Å². The number of rotatable bonds is 9. The second-order valence-electron chi connectivity index (χ2n) is 6.52. The van der Waals surface area contributed by atoms with E-state index in [-0.39, 0.29) is 6.61 Å². The molecule has 31 heavy (non-hydrogen) atoms. The number of phosphoric acid groups is 3. The van der Waals surface area contributed by atoms with Gasteiger partial charge in [0.05, 0.1) is 19.8 Å². The summed E-state index contributed by atoms with van der Waals surface area (Å²) in [5.74, 6) is -0.899. The summed E-state index contributed by atoms with van der Waals surface area (Å²) >= 11 is 0. The Morgan fingerprint density at radius 1 is 1.16 bits per heavy atom. The molecule has 4 unspecified atom stereocenters. The molecule has 3 heterocycles.